The minimum absolute atomic E-state index is 0.185. The van der Waals surface area contributed by atoms with E-state index in [4.69, 9.17) is 4.74 Å². The van der Waals surface area contributed by atoms with E-state index >= 15 is 0 Å². The molecule has 0 radical (unpaired) electrons. The number of hydrogen-bond donors (Lipinski definition) is 2. The molecule has 136 valence electrons. The fraction of sp³-hybridized carbons (Fsp3) is 0.650. The molecule has 0 aromatic heterocycles. The third-order valence-corrected chi connectivity index (χ3v) is 6.03. The minimum atomic E-state index is 0.185. The van der Waals surface area contributed by atoms with Gasteiger partial charge in [-0.1, -0.05) is 12.1 Å². The smallest absolute Gasteiger partial charge is 0.228 e. The van der Waals surface area contributed by atoms with E-state index in [0.717, 1.165) is 56.8 Å². The summed E-state index contributed by atoms with van der Waals surface area (Å²) < 4.78 is 5.85. The molecule has 3 atom stereocenters. The number of rotatable bonds is 3. The average Bonchev–Trinajstić information content (AvgIpc) is 3.28. The minimum Gasteiger partial charge on any atom is -0.372 e. The number of nitrogens with zero attached hydrogens (tertiary/aromatic N) is 1. The Labute approximate surface area is 150 Å². The Morgan fingerprint density at radius 1 is 1.20 bits per heavy atom. The van der Waals surface area contributed by atoms with Crippen LogP contribution in [-0.2, 0) is 9.53 Å². The van der Waals surface area contributed by atoms with Gasteiger partial charge in [0.05, 0.1) is 23.6 Å². The van der Waals surface area contributed by atoms with E-state index in [2.05, 4.69) is 35.4 Å². The van der Waals surface area contributed by atoms with Gasteiger partial charge in [-0.25, -0.2) is 0 Å². The van der Waals surface area contributed by atoms with E-state index in [1.54, 1.807) is 0 Å². The molecule has 2 heterocycles. The van der Waals surface area contributed by atoms with Crippen molar-refractivity contribution in [1.29, 1.82) is 0 Å². The lowest BCUT2D eigenvalue weighted by Crippen LogP contribution is -2.45. The number of benzene rings is 1. The molecule has 1 aliphatic carbocycles. The summed E-state index contributed by atoms with van der Waals surface area (Å²) in [5.74, 6) is 0.383. The second kappa shape index (κ2) is 6.61. The van der Waals surface area contributed by atoms with Gasteiger partial charge in [0.1, 0.15) is 0 Å². The van der Waals surface area contributed by atoms with Crippen molar-refractivity contribution in [3.05, 3.63) is 24.3 Å². The van der Waals surface area contributed by atoms with Gasteiger partial charge in [0.2, 0.25) is 5.91 Å². The number of piperidine rings is 1. The van der Waals surface area contributed by atoms with Crippen LogP contribution in [0.25, 0.3) is 0 Å². The summed E-state index contributed by atoms with van der Waals surface area (Å²) in [6, 6.07) is 8.17. The van der Waals surface area contributed by atoms with Crippen LogP contribution in [0.5, 0.6) is 0 Å². The maximum atomic E-state index is 12.8. The highest BCUT2D eigenvalue weighted by molar-refractivity contribution is 5.98. The zero-order valence-electron chi connectivity index (χ0n) is 15.3. The first-order valence-electron chi connectivity index (χ1n) is 9.58. The second-order valence-corrected chi connectivity index (χ2v) is 8.04. The van der Waals surface area contributed by atoms with Crippen LogP contribution in [0, 0.1) is 11.3 Å². The highest BCUT2D eigenvalue weighted by atomic mass is 16.5. The maximum absolute atomic E-state index is 12.8. The summed E-state index contributed by atoms with van der Waals surface area (Å²) >= 11 is 0. The van der Waals surface area contributed by atoms with Gasteiger partial charge >= 0.3 is 0 Å². The van der Waals surface area contributed by atoms with Crippen LogP contribution < -0.4 is 15.5 Å². The molecular weight excluding hydrogens is 314 g/mol. The van der Waals surface area contributed by atoms with E-state index < -0.39 is 0 Å². The van der Waals surface area contributed by atoms with Crippen LogP contribution in [0.4, 0.5) is 11.4 Å². The van der Waals surface area contributed by atoms with Crippen LogP contribution in [0.2, 0.25) is 0 Å². The van der Waals surface area contributed by atoms with Gasteiger partial charge in [-0.15, -0.1) is 0 Å². The van der Waals surface area contributed by atoms with Gasteiger partial charge in [-0.3, -0.25) is 4.79 Å². The Hall–Kier alpha value is -1.59. The lowest BCUT2D eigenvalue weighted by atomic mass is 9.92. The number of amides is 1. The monoisotopic (exact) mass is 343 g/mol. The number of carbonyl (C=O) groups is 1. The highest BCUT2D eigenvalue weighted by Gasteiger charge is 2.57. The Balaban J connectivity index is 1.47. The number of ether oxygens (including phenoxy) is 1. The van der Waals surface area contributed by atoms with Gasteiger partial charge in [-0.2, -0.15) is 0 Å². The van der Waals surface area contributed by atoms with E-state index in [1.807, 2.05) is 18.2 Å². The lowest BCUT2D eigenvalue weighted by Gasteiger charge is -2.37. The van der Waals surface area contributed by atoms with Gasteiger partial charge in [0.15, 0.2) is 0 Å². The molecule has 25 heavy (non-hydrogen) atoms. The number of morpholine rings is 1. The third-order valence-electron chi connectivity index (χ3n) is 6.03. The van der Waals surface area contributed by atoms with Crippen molar-refractivity contribution < 1.29 is 9.53 Å². The molecule has 1 amide bonds. The van der Waals surface area contributed by atoms with Crippen molar-refractivity contribution in [1.82, 2.24) is 5.32 Å². The van der Waals surface area contributed by atoms with E-state index in [1.165, 1.54) is 0 Å². The lowest BCUT2D eigenvalue weighted by molar-refractivity contribution is -0.118. The predicted molar refractivity (Wildman–Crippen MR) is 99.9 cm³/mol. The quantitative estimate of drug-likeness (QED) is 0.886. The molecule has 2 saturated heterocycles. The Morgan fingerprint density at radius 2 is 1.88 bits per heavy atom. The third kappa shape index (κ3) is 3.40. The highest BCUT2D eigenvalue weighted by Crippen LogP contribution is 2.58. The molecule has 1 saturated carbocycles. The first-order chi connectivity index (χ1) is 12.1. The molecular formula is C20H29N3O2. The molecule has 4 rings (SSSR count). The fourth-order valence-corrected chi connectivity index (χ4v) is 4.65. The summed E-state index contributed by atoms with van der Waals surface area (Å²) in [5, 5.41) is 6.63. The maximum Gasteiger partial charge on any atom is 0.228 e. The Bertz CT molecular complexity index is 632. The molecule has 5 heteroatoms. The molecule has 0 bridgehead atoms. The van der Waals surface area contributed by atoms with Gasteiger partial charge in [0, 0.05) is 19.0 Å². The number of hydrogen-bond acceptors (Lipinski definition) is 4. The summed E-state index contributed by atoms with van der Waals surface area (Å²) in [6.07, 6.45) is 3.72. The molecule has 3 aliphatic rings. The average molecular weight is 343 g/mol. The van der Waals surface area contributed by atoms with E-state index in [9.17, 15) is 4.79 Å². The normalized spacial score (nSPS) is 31.0. The first-order valence-corrected chi connectivity index (χ1v) is 9.58. The SMILES string of the molecule is CC1CN(c2ccccc2NC(=O)C2CC23CCNCC3)CC(C)O1. The number of anilines is 2. The molecule has 2 N–H and O–H groups in total. The number of carbonyl (C=O) groups excluding carboxylic acids is 1. The molecule has 1 aromatic carbocycles. The molecule has 3 fully saturated rings. The zero-order valence-corrected chi connectivity index (χ0v) is 15.3. The van der Waals surface area contributed by atoms with Crippen LogP contribution in [0.15, 0.2) is 24.3 Å². The molecule has 2 aliphatic heterocycles. The largest absolute Gasteiger partial charge is 0.372 e. The summed E-state index contributed by atoms with van der Waals surface area (Å²) in [4.78, 5) is 15.2. The Kier molecular flexibility index (Phi) is 4.46. The first kappa shape index (κ1) is 16.9. The van der Waals surface area contributed by atoms with E-state index in [-0.39, 0.29) is 29.4 Å². The fourth-order valence-electron chi connectivity index (χ4n) is 4.65. The van der Waals surface area contributed by atoms with Gasteiger partial charge < -0.3 is 20.3 Å². The summed E-state index contributed by atoms with van der Waals surface area (Å²) in [7, 11) is 0. The van der Waals surface area contributed by atoms with Crippen LogP contribution in [-0.4, -0.2) is 44.3 Å². The molecule has 5 nitrogen and oxygen atoms in total. The van der Waals surface area contributed by atoms with Gasteiger partial charge in [0.25, 0.3) is 0 Å². The van der Waals surface area contributed by atoms with Crippen molar-refractivity contribution in [3.63, 3.8) is 0 Å². The summed E-state index contributed by atoms with van der Waals surface area (Å²) in [6.45, 7) is 8.02. The second-order valence-electron chi connectivity index (χ2n) is 8.04. The van der Waals surface area contributed by atoms with Crippen LogP contribution >= 0.6 is 0 Å². The van der Waals surface area contributed by atoms with E-state index in [0.29, 0.717) is 0 Å². The van der Waals surface area contributed by atoms with Crippen molar-refractivity contribution in [2.45, 2.75) is 45.3 Å². The topological polar surface area (TPSA) is 53.6 Å². The van der Waals surface area contributed by atoms with Crippen LogP contribution in [0.1, 0.15) is 33.1 Å². The van der Waals surface area contributed by atoms with Gasteiger partial charge in [-0.05, 0) is 63.7 Å². The van der Waals surface area contributed by atoms with Crippen molar-refractivity contribution in [2.75, 3.05) is 36.4 Å². The predicted octanol–water partition coefficient (Wildman–Crippen LogP) is 2.63. The van der Waals surface area contributed by atoms with Crippen LogP contribution in [0.3, 0.4) is 0 Å². The molecule has 3 unspecified atom stereocenters. The number of para-hydroxylation sites is 2. The summed E-state index contributed by atoms with van der Waals surface area (Å²) in [5.41, 5.74) is 2.31. The number of nitrogens with one attached hydrogen (secondary N) is 2. The molecule has 1 aromatic rings. The van der Waals surface area contributed by atoms with Crippen molar-refractivity contribution in [3.8, 4) is 0 Å². The van der Waals surface area contributed by atoms with Crippen molar-refractivity contribution >= 4 is 17.3 Å². The zero-order chi connectivity index (χ0) is 17.4. The van der Waals surface area contributed by atoms with Crippen molar-refractivity contribution in [2.24, 2.45) is 11.3 Å². The standard InChI is InChI=1S/C20H29N3O2/c1-14-12-23(13-15(2)25-14)18-6-4-3-5-17(18)22-19(24)16-11-20(16)7-9-21-10-8-20/h3-6,14-16,21H,7-13H2,1-2H3,(H,22,24). The molecule has 1 spiro atoms. The Morgan fingerprint density at radius 3 is 2.60 bits per heavy atom.